The molecule has 4 heteroatoms. The molecule has 0 aromatic rings. The first-order chi connectivity index (χ1) is 7.10. The van der Waals surface area contributed by atoms with Crippen LogP contribution in [0, 0.1) is 0 Å². The van der Waals surface area contributed by atoms with Crippen LogP contribution in [0.4, 0.5) is 0 Å². The van der Waals surface area contributed by atoms with Crippen molar-refractivity contribution in [3.05, 3.63) is 0 Å². The van der Waals surface area contributed by atoms with Crippen LogP contribution in [0.25, 0.3) is 0 Å². The van der Waals surface area contributed by atoms with Crippen molar-refractivity contribution < 1.29 is 14.3 Å². The second kappa shape index (κ2) is 7.65. The number of hydrogen-bond donors (Lipinski definition) is 1. The molecule has 0 radical (unpaired) electrons. The van der Waals surface area contributed by atoms with Gasteiger partial charge < -0.3 is 14.8 Å². The summed E-state index contributed by atoms with van der Waals surface area (Å²) < 4.78 is 10.4. The number of esters is 1. The van der Waals surface area contributed by atoms with Gasteiger partial charge in [0.2, 0.25) is 0 Å². The third-order valence-corrected chi connectivity index (χ3v) is 2.37. The van der Waals surface area contributed by atoms with Crippen LogP contribution >= 0.6 is 0 Å². The highest BCUT2D eigenvalue weighted by Gasteiger charge is 2.32. The number of ether oxygens (including phenoxy) is 2. The first-order valence-corrected chi connectivity index (χ1v) is 5.54. The van der Waals surface area contributed by atoms with Crippen molar-refractivity contribution in [3.8, 4) is 0 Å². The Morgan fingerprint density at radius 1 is 1.33 bits per heavy atom. The molecule has 0 aliphatic carbocycles. The fourth-order valence-electron chi connectivity index (χ4n) is 1.14. The van der Waals surface area contributed by atoms with E-state index < -0.39 is 5.54 Å². The van der Waals surface area contributed by atoms with Gasteiger partial charge in [-0.2, -0.15) is 0 Å². The van der Waals surface area contributed by atoms with Crippen molar-refractivity contribution in [1.82, 2.24) is 5.32 Å². The van der Waals surface area contributed by atoms with Crippen LogP contribution in [-0.2, 0) is 14.3 Å². The normalized spacial score (nSPS) is 14.7. The summed E-state index contributed by atoms with van der Waals surface area (Å²) in [5.74, 6) is -0.215. The molecule has 15 heavy (non-hydrogen) atoms. The Morgan fingerprint density at radius 2 is 2.00 bits per heavy atom. The second-order valence-electron chi connectivity index (χ2n) is 3.66. The summed E-state index contributed by atoms with van der Waals surface area (Å²) in [5.41, 5.74) is -0.635. The molecule has 90 valence electrons. The van der Waals surface area contributed by atoms with Gasteiger partial charge in [-0.25, -0.2) is 0 Å². The summed E-state index contributed by atoms with van der Waals surface area (Å²) in [6, 6.07) is 0. The molecule has 0 heterocycles. The predicted molar refractivity (Wildman–Crippen MR) is 59.8 cm³/mol. The van der Waals surface area contributed by atoms with Crippen molar-refractivity contribution >= 4 is 5.97 Å². The first kappa shape index (κ1) is 14.4. The molecule has 1 unspecified atom stereocenters. The van der Waals surface area contributed by atoms with Gasteiger partial charge in [0.1, 0.15) is 5.54 Å². The molecule has 0 saturated heterocycles. The molecule has 0 aliphatic heterocycles. The molecule has 1 N–H and O–H groups in total. The number of rotatable bonds is 8. The summed E-state index contributed by atoms with van der Waals surface area (Å²) in [5, 5.41) is 2.99. The molecule has 4 nitrogen and oxygen atoms in total. The molecule has 0 bridgehead atoms. The zero-order chi connectivity index (χ0) is 11.7. The lowest BCUT2D eigenvalue weighted by molar-refractivity contribution is -0.151. The Morgan fingerprint density at radius 3 is 2.47 bits per heavy atom. The van der Waals surface area contributed by atoms with Crippen molar-refractivity contribution in [2.75, 3.05) is 26.9 Å². The van der Waals surface area contributed by atoms with E-state index >= 15 is 0 Å². The molecule has 0 aromatic carbocycles. The van der Waals surface area contributed by atoms with Crippen LogP contribution in [0.2, 0.25) is 0 Å². The lowest BCUT2D eigenvalue weighted by Crippen LogP contribution is -2.49. The van der Waals surface area contributed by atoms with Crippen LogP contribution in [0.1, 0.15) is 33.6 Å². The van der Waals surface area contributed by atoms with E-state index in [-0.39, 0.29) is 5.97 Å². The number of hydrogen-bond acceptors (Lipinski definition) is 4. The van der Waals surface area contributed by atoms with Gasteiger partial charge in [-0.1, -0.05) is 6.92 Å². The van der Waals surface area contributed by atoms with Crippen LogP contribution in [0.3, 0.4) is 0 Å². The minimum atomic E-state index is -0.635. The van der Waals surface area contributed by atoms with Gasteiger partial charge in [-0.05, 0) is 33.7 Å². The summed E-state index contributed by atoms with van der Waals surface area (Å²) in [6.45, 7) is 7.42. The third-order valence-electron chi connectivity index (χ3n) is 2.37. The topological polar surface area (TPSA) is 47.6 Å². The zero-order valence-electron chi connectivity index (χ0n) is 10.3. The maximum Gasteiger partial charge on any atom is 0.326 e. The molecule has 0 saturated carbocycles. The fraction of sp³-hybridized carbons (Fsp3) is 0.909. The van der Waals surface area contributed by atoms with Crippen LogP contribution < -0.4 is 5.32 Å². The Labute approximate surface area is 92.3 Å². The van der Waals surface area contributed by atoms with Crippen molar-refractivity contribution in [3.63, 3.8) is 0 Å². The van der Waals surface area contributed by atoms with Crippen molar-refractivity contribution in [2.45, 2.75) is 39.2 Å². The van der Waals surface area contributed by atoms with E-state index in [2.05, 4.69) is 12.2 Å². The SMILES string of the molecule is CCCOCCC(C)(NC)C(=O)OCC. The van der Waals surface area contributed by atoms with Crippen LogP contribution in [0.15, 0.2) is 0 Å². The number of nitrogens with one attached hydrogen (secondary N) is 1. The van der Waals surface area contributed by atoms with Crippen molar-refractivity contribution in [1.29, 1.82) is 0 Å². The predicted octanol–water partition coefficient (Wildman–Crippen LogP) is 1.34. The molecule has 0 aliphatic rings. The van der Waals surface area contributed by atoms with E-state index in [4.69, 9.17) is 9.47 Å². The van der Waals surface area contributed by atoms with E-state index in [1.54, 1.807) is 7.05 Å². The van der Waals surface area contributed by atoms with E-state index in [1.807, 2.05) is 13.8 Å². The maximum atomic E-state index is 11.6. The van der Waals surface area contributed by atoms with Gasteiger partial charge in [-0.3, -0.25) is 4.79 Å². The highest BCUT2D eigenvalue weighted by atomic mass is 16.5. The highest BCUT2D eigenvalue weighted by Crippen LogP contribution is 2.11. The minimum Gasteiger partial charge on any atom is -0.465 e. The third kappa shape index (κ3) is 5.14. The van der Waals surface area contributed by atoms with E-state index in [9.17, 15) is 4.79 Å². The quantitative estimate of drug-likeness (QED) is 0.492. The van der Waals surface area contributed by atoms with Crippen molar-refractivity contribution in [2.24, 2.45) is 0 Å². The van der Waals surface area contributed by atoms with Crippen LogP contribution in [0.5, 0.6) is 0 Å². The Hall–Kier alpha value is -0.610. The molecule has 0 amide bonds. The molecular formula is C11H23NO3. The summed E-state index contributed by atoms with van der Waals surface area (Å²) in [7, 11) is 1.76. The summed E-state index contributed by atoms with van der Waals surface area (Å²) >= 11 is 0. The molecular weight excluding hydrogens is 194 g/mol. The lowest BCUT2D eigenvalue weighted by Gasteiger charge is -2.26. The number of carbonyl (C=O) groups is 1. The monoisotopic (exact) mass is 217 g/mol. The number of likely N-dealkylation sites (N-methyl/N-ethyl adjacent to an activating group) is 1. The van der Waals surface area contributed by atoms with Gasteiger partial charge in [0, 0.05) is 13.2 Å². The average Bonchev–Trinajstić information content (AvgIpc) is 2.24. The fourth-order valence-corrected chi connectivity index (χ4v) is 1.14. The Kier molecular flexibility index (Phi) is 7.34. The average molecular weight is 217 g/mol. The summed E-state index contributed by atoms with van der Waals surface area (Å²) in [4.78, 5) is 11.6. The van der Waals surface area contributed by atoms with E-state index in [0.717, 1.165) is 13.0 Å². The first-order valence-electron chi connectivity index (χ1n) is 5.54. The smallest absolute Gasteiger partial charge is 0.326 e. The standard InChI is InChI=1S/C11H23NO3/c1-5-8-14-9-7-11(3,12-4)10(13)15-6-2/h12H,5-9H2,1-4H3. The van der Waals surface area contributed by atoms with Gasteiger partial charge in [0.25, 0.3) is 0 Å². The van der Waals surface area contributed by atoms with E-state index in [0.29, 0.717) is 19.6 Å². The Balaban J connectivity index is 4.00. The lowest BCUT2D eigenvalue weighted by atomic mass is 9.99. The van der Waals surface area contributed by atoms with Gasteiger partial charge >= 0.3 is 5.97 Å². The van der Waals surface area contributed by atoms with Gasteiger partial charge in [0.15, 0.2) is 0 Å². The molecule has 0 aromatic heterocycles. The van der Waals surface area contributed by atoms with Gasteiger partial charge in [-0.15, -0.1) is 0 Å². The van der Waals surface area contributed by atoms with Gasteiger partial charge in [0.05, 0.1) is 6.61 Å². The minimum absolute atomic E-state index is 0.215. The van der Waals surface area contributed by atoms with E-state index in [1.165, 1.54) is 0 Å². The maximum absolute atomic E-state index is 11.6. The molecule has 1 atom stereocenters. The molecule has 0 spiro atoms. The largest absolute Gasteiger partial charge is 0.465 e. The summed E-state index contributed by atoms with van der Waals surface area (Å²) in [6.07, 6.45) is 1.62. The zero-order valence-corrected chi connectivity index (χ0v) is 10.3. The molecule has 0 rings (SSSR count). The highest BCUT2D eigenvalue weighted by molar-refractivity contribution is 5.80. The molecule has 0 fully saturated rings. The Bertz CT molecular complexity index is 185. The van der Waals surface area contributed by atoms with Crippen LogP contribution in [-0.4, -0.2) is 38.4 Å². The second-order valence-corrected chi connectivity index (χ2v) is 3.66. The number of carbonyl (C=O) groups excluding carboxylic acids is 1.